The van der Waals surface area contributed by atoms with Gasteiger partial charge in [0.15, 0.2) is 15.5 Å². The van der Waals surface area contributed by atoms with Crippen LogP contribution < -0.4 is 5.32 Å². The molecule has 2 aromatic carbocycles. The molecule has 9 heteroatoms. The molecule has 0 aliphatic carbocycles. The van der Waals surface area contributed by atoms with Crippen molar-refractivity contribution in [2.24, 2.45) is 10.2 Å². The van der Waals surface area contributed by atoms with Gasteiger partial charge in [-0.1, -0.05) is 29.4 Å². The fraction of sp³-hybridized carbons (Fsp3) is 0.105. The van der Waals surface area contributed by atoms with Gasteiger partial charge < -0.3 is 15.0 Å². The molecule has 2 amide bonds. The molecule has 0 saturated carbocycles. The Labute approximate surface area is 161 Å². The van der Waals surface area contributed by atoms with E-state index < -0.39 is 15.9 Å². The fourth-order valence-corrected chi connectivity index (χ4v) is 3.34. The molecule has 1 heterocycles. The molecule has 0 unspecified atom stereocenters. The number of benzene rings is 2. The zero-order valence-corrected chi connectivity index (χ0v) is 15.8. The minimum atomic E-state index is -3.31. The van der Waals surface area contributed by atoms with Crippen molar-refractivity contribution in [3.8, 4) is 5.88 Å². The monoisotopic (exact) mass is 398 g/mol. The summed E-state index contributed by atoms with van der Waals surface area (Å²) in [5.74, 6) is -0.116. The zero-order valence-electron chi connectivity index (χ0n) is 15.0. The highest BCUT2D eigenvalue weighted by Crippen LogP contribution is 2.38. The minimum Gasteiger partial charge on any atom is -0.493 e. The van der Waals surface area contributed by atoms with Gasteiger partial charge in [0.25, 0.3) is 0 Å². The summed E-state index contributed by atoms with van der Waals surface area (Å²) < 4.78 is 24.5. The van der Waals surface area contributed by atoms with Gasteiger partial charge in [-0.05, 0) is 30.3 Å². The molecule has 0 radical (unpaired) electrons. The van der Waals surface area contributed by atoms with E-state index in [9.17, 15) is 18.3 Å². The Morgan fingerprint density at radius 2 is 1.89 bits per heavy atom. The number of urea groups is 1. The number of hydrogen-bond acceptors (Lipinski definition) is 5. The zero-order chi connectivity index (χ0) is 20.3. The smallest absolute Gasteiger partial charge is 0.364 e. The number of rotatable bonds is 5. The van der Waals surface area contributed by atoms with Crippen molar-refractivity contribution in [1.29, 1.82) is 0 Å². The molecule has 0 fully saturated rings. The number of carbonyl (C=O) groups is 1. The molecule has 0 aliphatic rings. The van der Waals surface area contributed by atoms with Gasteiger partial charge in [-0.3, -0.25) is 0 Å². The van der Waals surface area contributed by atoms with Gasteiger partial charge in [0.1, 0.15) is 0 Å². The number of sulfone groups is 1. The summed E-state index contributed by atoms with van der Waals surface area (Å²) in [6.45, 7) is 4.04. The van der Waals surface area contributed by atoms with Crippen molar-refractivity contribution >= 4 is 38.1 Å². The fourth-order valence-electron chi connectivity index (χ4n) is 2.71. The Morgan fingerprint density at radius 3 is 2.54 bits per heavy atom. The summed E-state index contributed by atoms with van der Waals surface area (Å²) in [4.78, 5) is 12.2. The van der Waals surface area contributed by atoms with Crippen molar-refractivity contribution < 1.29 is 18.3 Å². The van der Waals surface area contributed by atoms with E-state index >= 15 is 0 Å². The maximum Gasteiger partial charge on any atom is 0.364 e. The molecule has 0 saturated heterocycles. The van der Waals surface area contributed by atoms with Crippen LogP contribution in [0.1, 0.15) is 0 Å². The van der Waals surface area contributed by atoms with E-state index in [1.807, 2.05) is 12.1 Å². The van der Waals surface area contributed by atoms with Crippen LogP contribution in [0, 0.1) is 0 Å². The van der Waals surface area contributed by atoms with Crippen LogP contribution in [0.15, 0.2) is 76.3 Å². The lowest BCUT2D eigenvalue weighted by Gasteiger charge is -2.03. The summed E-state index contributed by atoms with van der Waals surface area (Å²) in [6.07, 6.45) is 2.74. The van der Waals surface area contributed by atoms with Gasteiger partial charge in [-0.15, -0.1) is 11.7 Å². The predicted octanol–water partition coefficient (Wildman–Crippen LogP) is 4.25. The molecule has 1 aromatic heterocycles. The SMILES string of the molecule is C=CCn1c(O)c(N=NC(=O)Nc2ccc(S(C)(=O)=O)cc2)c2ccccc21. The summed E-state index contributed by atoms with van der Waals surface area (Å²) in [5.41, 5.74) is 1.29. The largest absolute Gasteiger partial charge is 0.493 e. The molecule has 8 nitrogen and oxygen atoms in total. The van der Waals surface area contributed by atoms with Crippen molar-refractivity contribution in [2.75, 3.05) is 11.6 Å². The molecule has 0 atom stereocenters. The highest BCUT2D eigenvalue weighted by Gasteiger charge is 2.16. The number of aromatic hydroxyl groups is 1. The number of anilines is 1. The number of carbonyl (C=O) groups excluding carboxylic acids is 1. The number of nitrogens with one attached hydrogen (secondary N) is 1. The third-order valence-corrected chi connectivity index (χ3v) is 5.13. The Kier molecular flexibility index (Phi) is 5.27. The first-order valence-corrected chi connectivity index (χ1v) is 10.1. The second-order valence-corrected chi connectivity index (χ2v) is 8.03. The summed E-state index contributed by atoms with van der Waals surface area (Å²) in [5, 5.41) is 21.1. The molecular formula is C19H18N4O4S. The summed E-state index contributed by atoms with van der Waals surface area (Å²) >= 11 is 0. The van der Waals surface area contributed by atoms with Crippen molar-refractivity contribution in [2.45, 2.75) is 11.4 Å². The van der Waals surface area contributed by atoms with Crippen molar-refractivity contribution in [3.63, 3.8) is 0 Å². The first-order chi connectivity index (χ1) is 13.3. The Bertz CT molecular complexity index is 1180. The first kappa shape index (κ1) is 19.3. The lowest BCUT2D eigenvalue weighted by Crippen LogP contribution is -2.05. The maximum atomic E-state index is 12.1. The van der Waals surface area contributed by atoms with E-state index in [4.69, 9.17) is 0 Å². The van der Waals surface area contributed by atoms with Gasteiger partial charge >= 0.3 is 6.03 Å². The Balaban J connectivity index is 1.83. The average Bonchev–Trinajstić information content (AvgIpc) is 2.92. The number of fused-ring (bicyclic) bond motifs is 1. The van der Waals surface area contributed by atoms with Gasteiger partial charge in [0.05, 0.1) is 10.4 Å². The van der Waals surface area contributed by atoms with E-state index in [-0.39, 0.29) is 16.5 Å². The number of azo groups is 1. The molecule has 0 spiro atoms. The van der Waals surface area contributed by atoms with Crippen molar-refractivity contribution in [1.82, 2.24) is 4.57 Å². The van der Waals surface area contributed by atoms with Gasteiger partial charge in [-0.2, -0.15) is 0 Å². The van der Waals surface area contributed by atoms with E-state index in [1.54, 1.807) is 22.8 Å². The standard InChI is InChI=1S/C19H18N4O4S/c1-3-12-23-16-7-5-4-6-15(16)17(18(23)24)21-22-19(25)20-13-8-10-14(11-9-13)28(2,26)27/h3-11,24H,1,12H2,2H3,(H,20,25). The Morgan fingerprint density at radius 1 is 1.21 bits per heavy atom. The number of hydrogen-bond donors (Lipinski definition) is 2. The first-order valence-electron chi connectivity index (χ1n) is 8.25. The lowest BCUT2D eigenvalue weighted by atomic mass is 10.2. The van der Waals surface area contributed by atoms with Crippen LogP contribution in [0.25, 0.3) is 10.9 Å². The minimum absolute atomic E-state index is 0.116. The average molecular weight is 398 g/mol. The van der Waals surface area contributed by atoms with Crippen LogP contribution in [0.2, 0.25) is 0 Å². The molecule has 144 valence electrons. The summed E-state index contributed by atoms with van der Waals surface area (Å²) in [6, 6.07) is 12.1. The van der Waals surface area contributed by atoms with Crippen LogP contribution in [-0.4, -0.2) is 30.4 Å². The maximum absolute atomic E-state index is 12.1. The molecule has 28 heavy (non-hydrogen) atoms. The van der Waals surface area contributed by atoms with E-state index in [2.05, 4.69) is 22.1 Å². The molecule has 0 bridgehead atoms. The van der Waals surface area contributed by atoms with Gasteiger partial charge in [-0.25, -0.2) is 13.2 Å². The number of para-hydroxylation sites is 1. The third kappa shape index (κ3) is 3.94. The number of allylic oxidation sites excluding steroid dienone is 1. The molecule has 0 aliphatic heterocycles. The van der Waals surface area contributed by atoms with Crippen LogP contribution in [0.5, 0.6) is 5.88 Å². The normalized spacial score (nSPS) is 11.8. The third-order valence-electron chi connectivity index (χ3n) is 4.00. The number of aromatic nitrogens is 1. The van der Waals surface area contributed by atoms with Gasteiger partial charge in [0.2, 0.25) is 5.88 Å². The van der Waals surface area contributed by atoms with Gasteiger partial charge in [0, 0.05) is 23.9 Å². The van der Waals surface area contributed by atoms with E-state index in [1.165, 1.54) is 24.3 Å². The van der Waals surface area contributed by atoms with Crippen LogP contribution in [0.4, 0.5) is 16.2 Å². The highest BCUT2D eigenvalue weighted by atomic mass is 32.2. The second-order valence-electron chi connectivity index (χ2n) is 6.02. The molecular weight excluding hydrogens is 380 g/mol. The molecule has 3 aromatic rings. The van der Waals surface area contributed by atoms with Crippen molar-refractivity contribution in [3.05, 3.63) is 61.2 Å². The number of amides is 2. The predicted molar refractivity (Wildman–Crippen MR) is 107 cm³/mol. The second kappa shape index (κ2) is 7.65. The lowest BCUT2D eigenvalue weighted by molar-refractivity contribution is 0.258. The number of nitrogens with zero attached hydrogens (tertiary/aromatic N) is 3. The van der Waals surface area contributed by atoms with E-state index in [0.717, 1.165) is 11.8 Å². The highest BCUT2D eigenvalue weighted by molar-refractivity contribution is 7.90. The molecule has 2 N–H and O–H groups in total. The Hall–Kier alpha value is -3.46. The topological polar surface area (TPSA) is 113 Å². The van der Waals surface area contributed by atoms with E-state index in [0.29, 0.717) is 17.6 Å². The molecule has 3 rings (SSSR count). The van der Waals surface area contributed by atoms with Crippen LogP contribution >= 0.6 is 0 Å². The van der Waals surface area contributed by atoms with Crippen LogP contribution in [0.3, 0.4) is 0 Å². The summed E-state index contributed by atoms with van der Waals surface area (Å²) in [7, 11) is -3.31. The van der Waals surface area contributed by atoms with Crippen LogP contribution in [-0.2, 0) is 16.4 Å². The quantitative estimate of drug-likeness (QED) is 0.494.